The maximum absolute atomic E-state index is 12.3. The summed E-state index contributed by atoms with van der Waals surface area (Å²) in [5.74, 6) is 0.444. The van der Waals surface area contributed by atoms with Gasteiger partial charge in [-0.05, 0) is 25.2 Å². The third-order valence-corrected chi connectivity index (χ3v) is 4.23. The summed E-state index contributed by atoms with van der Waals surface area (Å²) in [4.78, 5) is 12.3. The lowest BCUT2D eigenvalue weighted by Gasteiger charge is -2.23. The van der Waals surface area contributed by atoms with Crippen molar-refractivity contribution in [3.8, 4) is 0 Å². The second kappa shape index (κ2) is 8.50. The van der Waals surface area contributed by atoms with Gasteiger partial charge in [-0.15, -0.1) is 0 Å². The summed E-state index contributed by atoms with van der Waals surface area (Å²) in [6.45, 7) is 4.34. The molecule has 6 nitrogen and oxygen atoms in total. The average Bonchev–Trinajstić information content (AvgIpc) is 2.55. The topological polar surface area (TPSA) is 65.4 Å². The minimum absolute atomic E-state index is 0.157. The van der Waals surface area contributed by atoms with Crippen LogP contribution in [0.2, 0.25) is 5.02 Å². The zero-order valence-electron chi connectivity index (χ0n) is 13.2. The lowest BCUT2D eigenvalue weighted by Crippen LogP contribution is -2.30. The normalized spacial score (nSPS) is 19.9. The van der Waals surface area contributed by atoms with Crippen molar-refractivity contribution in [2.75, 3.05) is 32.2 Å². The number of aromatic nitrogens is 2. The van der Waals surface area contributed by atoms with Gasteiger partial charge in [-0.3, -0.25) is 4.79 Å². The molecule has 1 aliphatic heterocycles. The van der Waals surface area contributed by atoms with Crippen molar-refractivity contribution in [3.05, 3.63) is 21.6 Å². The van der Waals surface area contributed by atoms with Crippen molar-refractivity contribution < 1.29 is 9.47 Å². The van der Waals surface area contributed by atoms with Gasteiger partial charge in [0.25, 0.3) is 5.56 Å². The molecule has 124 valence electrons. The number of anilines is 1. The van der Waals surface area contributed by atoms with Crippen molar-refractivity contribution in [1.82, 2.24) is 9.78 Å². The van der Waals surface area contributed by atoms with Crippen LogP contribution in [0.3, 0.4) is 0 Å². The molecule has 2 heterocycles. The van der Waals surface area contributed by atoms with Crippen molar-refractivity contribution in [2.45, 2.75) is 38.8 Å². The zero-order valence-corrected chi connectivity index (χ0v) is 13.9. The van der Waals surface area contributed by atoms with E-state index in [4.69, 9.17) is 21.1 Å². The minimum Gasteiger partial charge on any atom is -0.382 e. The third-order valence-electron chi connectivity index (χ3n) is 3.86. The molecule has 0 radical (unpaired) electrons. The van der Waals surface area contributed by atoms with E-state index >= 15 is 0 Å². The van der Waals surface area contributed by atoms with Crippen LogP contribution in [0.4, 0.5) is 5.69 Å². The second-order valence-electron chi connectivity index (χ2n) is 5.57. The van der Waals surface area contributed by atoms with Crippen LogP contribution in [0.15, 0.2) is 11.0 Å². The van der Waals surface area contributed by atoms with Crippen LogP contribution in [0.5, 0.6) is 0 Å². The summed E-state index contributed by atoms with van der Waals surface area (Å²) in [6.07, 6.45) is 5.02. The fourth-order valence-electron chi connectivity index (χ4n) is 2.58. The maximum atomic E-state index is 12.3. The second-order valence-corrected chi connectivity index (χ2v) is 5.94. The molecule has 1 aromatic rings. The molecule has 2 atom stereocenters. The fourth-order valence-corrected chi connectivity index (χ4v) is 2.79. The van der Waals surface area contributed by atoms with E-state index in [0.29, 0.717) is 18.0 Å². The van der Waals surface area contributed by atoms with Gasteiger partial charge in [0, 0.05) is 20.3 Å². The Bertz CT molecular complexity index is 529. The van der Waals surface area contributed by atoms with Crippen LogP contribution < -0.4 is 10.9 Å². The molecule has 7 heteroatoms. The Morgan fingerprint density at radius 1 is 1.64 bits per heavy atom. The van der Waals surface area contributed by atoms with Crippen LogP contribution >= 0.6 is 11.6 Å². The molecular weight excluding hydrogens is 306 g/mol. The van der Waals surface area contributed by atoms with Gasteiger partial charge in [0.15, 0.2) is 6.23 Å². The predicted molar refractivity (Wildman–Crippen MR) is 86.5 cm³/mol. The molecule has 2 rings (SSSR count). The first-order valence-electron chi connectivity index (χ1n) is 7.79. The Kier molecular flexibility index (Phi) is 6.67. The van der Waals surface area contributed by atoms with Crippen molar-refractivity contribution in [2.24, 2.45) is 5.92 Å². The molecule has 0 amide bonds. The molecule has 0 aromatic carbocycles. The zero-order chi connectivity index (χ0) is 15.9. The quantitative estimate of drug-likeness (QED) is 0.833. The predicted octanol–water partition coefficient (Wildman–Crippen LogP) is 2.68. The molecule has 1 saturated heterocycles. The third kappa shape index (κ3) is 4.21. The Balaban J connectivity index is 2.07. The fraction of sp³-hybridized carbons (Fsp3) is 0.733. The largest absolute Gasteiger partial charge is 0.382 e. The maximum Gasteiger partial charge on any atom is 0.290 e. The summed E-state index contributed by atoms with van der Waals surface area (Å²) in [7, 11) is 1.57. The number of ether oxygens (including phenoxy) is 2. The molecule has 0 saturated carbocycles. The van der Waals surface area contributed by atoms with E-state index in [1.807, 2.05) is 6.92 Å². The van der Waals surface area contributed by atoms with Crippen LogP contribution in [0.25, 0.3) is 0 Å². The van der Waals surface area contributed by atoms with E-state index in [1.54, 1.807) is 13.3 Å². The Hall–Kier alpha value is -1.11. The molecule has 0 bridgehead atoms. The molecule has 2 unspecified atom stereocenters. The van der Waals surface area contributed by atoms with E-state index in [0.717, 1.165) is 39.0 Å². The van der Waals surface area contributed by atoms with Crippen LogP contribution in [-0.2, 0) is 9.47 Å². The number of halogens is 1. The van der Waals surface area contributed by atoms with Crippen LogP contribution in [0, 0.1) is 5.92 Å². The van der Waals surface area contributed by atoms with Crippen molar-refractivity contribution in [1.29, 1.82) is 0 Å². The molecule has 1 N–H and O–H groups in total. The first-order valence-corrected chi connectivity index (χ1v) is 8.16. The minimum atomic E-state index is -0.379. The molecule has 0 spiro atoms. The first-order chi connectivity index (χ1) is 10.7. The van der Waals surface area contributed by atoms with Gasteiger partial charge in [0.1, 0.15) is 5.02 Å². The number of hydrogen-bond donors (Lipinski definition) is 1. The summed E-state index contributed by atoms with van der Waals surface area (Å²) in [5, 5.41) is 7.56. The van der Waals surface area contributed by atoms with Gasteiger partial charge in [-0.1, -0.05) is 24.9 Å². The molecule has 1 aliphatic rings. The lowest BCUT2D eigenvalue weighted by atomic mass is 10.0. The van der Waals surface area contributed by atoms with E-state index in [2.05, 4.69) is 10.4 Å². The highest BCUT2D eigenvalue weighted by atomic mass is 35.5. The lowest BCUT2D eigenvalue weighted by molar-refractivity contribution is 0.0224. The number of hydrogen-bond acceptors (Lipinski definition) is 5. The molecule has 22 heavy (non-hydrogen) atoms. The summed E-state index contributed by atoms with van der Waals surface area (Å²) in [6, 6.07) is 0. The molecular formula is C15H24ClN3O3. The van der Waals surface area contributed by atoms with Gasteiger partial charge in [-0.2, -0.15) is 9.78 Å². The smallest absolute Gasteiger partial charge is 0.290 e. The Morgan fingerprint density at radius 2 is 2.45 bits per heavy atom. The van der Waals surface area contributed by atoms with Gasteiger partial charge >= 0.3 is 0 Å². The number of nitrogens with one attached hydrogen (secondary N) is 1. The van der Waals surface area contributed by atoms with Gasteiger partial charge in [-0.25, -0.2) is 0 Å². The highest BCUT2D eigenvalue weighted by Crippen LogP contribution is 2.20. The average molecular weight is 330 g/mol. The van der Waals surface area contributed by atoms with Gasteiger partial charge < -0.3 is 14.8 Å². The molecule has 0 aliphatic carbocycles. The van der Waals surface area contributed by atoms with E-state index in [-0.39, 0.29) is 16.8 Å². The standard InChI is InChI=1S/C15H24ClN3O3/c1-3-5-13(21-2)19-15(20)14(16)12(9-18-19)17-8-11-6-4-7-22-10-11/h9,11,13,17H,3-8,10H2,1-2H3. The molecule has 1 aromatic heterocycles. The van der Waals surface area contributed by atoms with Gasteiger partial charge in [0.2, 0.25) is 0 Å². The van der Waals surface area contributed by atoms with Crippen LogP contribution in [0.1, 0.15) is 38.8 Å². The van der Waals surface area contributed by atoms with E-state index in [9.17, 15) is 4.79 Å². The summed E-state index contributed by atoms with van der Waals surface area (Å²) < 4.78 is 12.1. The van der Waals surface area contributed by atoms with E-state index < -0.39 is 0 Å². The number of rotatable bonds is 7. The highest BCUT2D eigenvalue weighted by molar-refractivity contribution is 6.32. The van der Waals surface area contributed by atoms with Crippen molar-refractivity contribution in [3.63, 3.8) is 0 Å². The number of nitrogens with zero attached hydrogens (tertiary/aromatic N) is 2. The monoisotopic (exact) mass is 329 g/mol. The first kappa shape index (κ1) is 17.2. The number of methoxy groups -OCH3 is 1. The summed E-state index contributed by atoms with van der Waals surface area (Å²) in [5.41, 5.74) is 0.242. The molecule has 1 fully saturated rings. The van der Waals surface area contributed by atoms with Crippen LogP contribution in [-0.4, -0.2) is 36.6 Å². The highest BCUT2D eigenvalue weighted by Gasteiger charge is 2.18. The SMILES string of the molecule is CCCC(OC)n1ncc(NCC2CCCOC2)c(Cl)c1=O. The van der Waals surface area contributed by atoms with E-state index in [1.165, 1.54) is 4.68 Å². The van der Waals surface area contributed by atoms with Crippen molar-refractivity contribution >= 4 is 17.3 Å². The Morgan fingerprint density at radius 3 is 3.09 bits per heavy atom. The summed E-state index contributed by atoms with van der Waals surface area (Å²) >= 11 is 6.19. The van der Waals surface area contributed by atoms with Gasteiger partial charge in [0.05, 0.1) is 18.5 Å². The Labute approximate surface area is 135 Å².